The van der Waals surface area contributed by atoms with Gasteiger partial charge in [-0.15, -0.1) is 0 Å². The molecule has 8 nitrogen and oxygen atoms in total. The van der Waals surface area contributed by atoms with E-state index in [2.05, 4.69) is 10.4 Å². The zero-order valence-corrected chi connectivity index (χ0v) is 20.3. The summed E-state index contributed by atoms with van der Waals surface area (Å²) in [5, 5.41) is 16.9. The van der Waals surface area contributed by atoms with Crippen LogP contribution >= 0.6 is 0 Å². The predicted molar refractivity (Wildman–Crippen MR) is 135 cm³/mol. The van der Waals surface area contributed by atoms with Gasteiger partial charge in [-0.1, -0.05) is 6.07 Å². The van der Waals surface area contributed by atoms with E-state index >= 15 is 0 Å². The van der Waals surface area contributed by atoms with E-state index in [4.69, 9.17) is 4.74 Å². The van der Waals surface area contributed by atoms with Crippen LogP contribution in [0.25, 0.3) is 0 Å². The molecule has 0 aliphatic rings. The fourth-order valence-corrected chi connectivity index (χ4v) is 3.80. The van der Waals surface area contributed by atoms with Gasteiger partial charge in [0.15, 0.2) is 0 Å². The normalized spacial score (nSPS) is 12.1. The number of rotatable bonds is 9. The summed E-state index contributed by atoms with van der Waals surface area (Å²) in [5.41, 5.74) is -0.354. The summed E-state index contributed by atoms with van der Waals surface area (Å²) in [6, 6.07) is 14.0. The van der Waals surface area contributed by atoms with E-state index < -0.39 is 40.5 Å². The van der Waals surface area contributed by atoms with Crippen LogP contribution in [0.2, 0.25) is 0 Å². The molecule has 0 fully saturated rings. The van der Waals surface area contributed by atoms with Crippen LogP contribution in [0.5, 0.6) is 11.5 Å². The minimum atomic E-state index is -1.04. The number of para-hydroxylation sites is 1. The molecule has 2 aromatic heterocycles. The van der Waals surface area contributed by atoms with Gasteiger partial charge in [-0.25, -0.2) is 0 Å². The summed E-state index contributed by atoms with van der Waals surface area (Å²) in [6.07, 6.45) is 3.00. The number of nitrogens with zero attached hydrogens (tertiary/aromatic N) is 3. The number of halogens is 2. The molecule has 1 unspecified atom stereocenters. The summed E-state index contributed by atoms with van der Waals surface area (Å²) in [7, 11) is 1.67. The van der Waals surface area contributed by atoms with Crippen molar-refractivity contribution in [1.29, 1.82) is 0 Å². The zero-order valence-electron chi connectivity index (χ0n) is 20.3. The molecule has 37 heavy (non-hydrogen) atoms. The van der Waals surface area contributed by atoms with Gasteiger partial charge in [0.2, 0.25) is 0 Å². The number of amides is 1. The molecular formula is C26H25BF2N4O4. The van der Waals surface area contributed by atoms with E-state index in [1.54, 1.807) is 37.6 Å². The first-order chi connectivity index (χ1) is 17.6. The molecule has 1 amide bonds. The van der Waals surface area contributed by atoms with Crippen LogP contribution in [0.4, 0.5) is 14.4 Å². The third-order valence-electron chi connectivity index (χ3n) is 5.40. The first-order valence-corrected chi connectivity index (χ1v) is 11.5. The molecule has 0 saturated carbocycles. The van der Waals surface area contributed by atoms with Gasteiger partial charge in [0.05, 0.1) is 0 Å². The summed E-state index contributed by atoms with van der Waals surface area (Å²) in [5.74, 6) is -3.18. The Morgan fingerprint density at radius 2 is 1.84 bits per heavy atom. The van der Waals surface area contributed by atoms with Crippen LogP contribution in [0.15, 0.2) is 77.9 Å². The first kappa shape index (κ1) is 26.0. The Labute approximate surface area is 212 Å². The number of hydrogen-bond acceptors (Lipinski definition) is 5. The number of carbonyl (C=O) groups is 1. The molecule has 2 heterocycles. The molecule has 0 aliphatic carbocycles. The van der Waals surface area contributed by atoms with Crippen LogP contribution in [0.1, 0.15) is 25.5 Å². The monoisotopic (exact) mass is 506 g/mol. The second-order valence-corrected chi connectivity index (χ2v) is 9.21. The van der Waals surface area contributed by atoms with Gasteiger partial charge in [0, 0.05) is 0 Å². The average molecular weight is 506 g/mol. The second-order valence-electron chi connectivity index (χ2n) is 9.21. The van der Waals surface area contributed by atoms with Gasteiger partial charge in [-0.05, 0) is 0 Å². The third-order valence-corrected chi connectivity index (χ3v) is 5.40. The van der Waals surface area contributed by atoms with Gasteiger partial charge in [0.1, 0.15) is 0 Å². The van der Waals surface area contributed by atoms with Gasteiger partial charge >= 0.3 is 206 Å². The molecule has 2 N–H and O–H groups in total. The molecule has 11 heteroatoms. The van der Waals surface area contributed by atoms with Crippen molar-refractivity contribution in [3.05, 3.63) is 101 Å². The molecule has 4 aromatic rings. The Kier molecular flexibility index (Phi) is 7.63. The van der Waals surface area contributed by atoms with E-state index in [9.17, 15) is 23.5 Å². The second kappa shape index (κ2) is 10.9. The van der Waals surface area contributed by atoms with Crippen molar-refractivity contribution in [2.75, 3.05) is 5.32 Å². The quantitative estimate of drug-likeness (QED) is 0.361. The Balaban J connectivity index is 1.60. The molecule has 0 radical (unpaired) electrons. The van der Waals surface area contributed by atoms with E-state index in [-0.39, 0.29) is 12.2 Å². The van der Waals surface area contributed by atoms with Crippen LogP contribution in [0.3, 0.4) is 0 Å². The molecule has 4 rings (SSSR count). The van der Waals surface area contributed by atoms with Crippen molar-refractivity contribution in [3.8, 4) is 11.5 Å². The Hall–Kier alpha value is -4.12. The van der Waals surface area contributed by atoms with Crippen molar-refractivity contribution < 1.29 is 23.4 Å². The van der Waals surface area contributed by atoms with Crippen molar-refractivity contribution in [3.63, 3.8) is 0 Å². The summed E-state index contributed by atoms with van der Waals surface area (Å²) in [4.78, 5) is 26.3. The van der Waals surface area contributed by atoms with E-state index in [1.807, 2.05) is 30.3 Å². The van der Waals surface area contributed by atoms with E-state index in [0.29, 0.717) is 12.1 Å². The van der Waals surface area contributed by atoms with Crippen molar-refractivity contribution in [2.24, 2.45) is 0 Å². The summed E-state index contributed by atoms with van der Waals surface area (Å²) in [6.45, 7) is 3.67. The van der Waals surface area contributed by atoms with Crippen LogP contribution < -0.4 is 15.6 Å². The Morgan fingerprint density at radius 3 is 2.49 bits per heavy atom. The maximum atomic E-state index is 14.0. The molecule has 190 valence electrons. The number of benzene rings is 2. The zero-order chi connectivity index (χ0) is 26.6. The van der Waals surface area contributed by atoms with Crippen molar-refractivity contribution in [1.82, 2.24) is 14.3 Å². The number of nitrogens with one attached hydrogen (secondary N) is 1. The number of ether oxygens (including phenoxy) is 1. The van der Waals surface area contributed by atoms with Crippen LogP contribution in [0, 0.1) is 11.6 Å². The first-order valence-electron chi connectivity index (χ1n) is 11.5. The SMILES string of the molecule is CC(C)(O)Cn1bc(NC(=O)C(Cc2ccccc2)n2ncc(Oc3c(F)cccc3F)cc2=O)cc1. The van der Waals surface area contributed by atoms with E-state index in [0.717, 1.165) is 34.6 Å². The average Bonchev–Trinajstić information content (AvgIpc) is 3.26. The topological polar surface area (TPSA) is 98.4 Å². The molecular weight excluding hydrogens is 481 g/mol. The summed E-state index contributed by atoms with van der Waals surface area (Å²) < 4.78 is 35.9. The fourth-order valence-electron chi connectivity index (χ4n) is 3.80. The van der Waals surface area contributed by atoms with Crippen LogP contribution in [-0.4, -0.2) is 37.9 Å². The van der Waals surface area contributed by atoms with E-state index in [1.165, 1.54) is 6.07 Å². The predicted octanol–water partition coefficient (Wildman–Crippen LogP) is 3.65. The van der Waals surface area contributed by atoms with Gasteiger partial charge < -0.3 is 0 Å². The summed E-state index contributed by atoms with van der Waals surface area (Å²) >= 11 is 0. The molecule has 0 saturated heterocycles. The maximum absolute atomic E-state index is 14.0. The van der Waals surface area contributed by atoms with Crippen molar-refractivity contribution >= 4 is 18.5 Å². The van der Waals surface area contributed by atoms with Crippen molar-refractivity contribution in [2.45, 2.75) is 38.5 Å². The molecule has 2 aromatic carbocycles. The molecule has 0 aliphatic heterocycles. The number of carbonyl (C=O) groups excluding carboxylic acids is 1. The van der Waals surface area contributed by atoms with Crippen LogP contribution in [-0.2, 0) is 17.8 Å². The fraction of sp³-hybridized carbons (Fsp3) is 0.231. The van der Waals surface area contributed by atoms with Gasteiger partial charge in [-0.2, -0.15) is 0 Å². The Bertz CT molecular complexity index is 1430. The Morgan fingerprint density at radius 1 is 1.14 bits per heavy atom. The number of aliphatic hydroxyl groups is 1. The number of anilines is 1. The van der Waals surface area contributed by atoms with Gasteiger partial charge in [-0.3, -0.25) is 0 Å². The number of aromatic nitrogens is 3. The molecule has 0 spiro atoms. The molecule has 0 bridgehead atoms. The molecule has 1 atom stereocenters. The third kappa shape index (κ3) is 6.76. The number of hydrogen-bond donors (Lipinski definition) is 2. The van der Waals surface area contributed by atoms with Gasteiger partial charge in [0.25, 0.3) is 0 Å². The minimum absolute atomic E-state index is 0.159. The standard InChI is InChI=1S/C26H25BF2N4O4/c1-26(2,36)16-32-12-11-22(27-32)31-25(35)21(13-17-7-4-3-5-8-17)33-23(34)14-18(15-30-33)37-24-19(28)9-6-10-20(24)29/h3-12,14-15,21,36H,13,16H2,1-2H3,(H,31,35).